The average molecular weight is 366 g/mol. The number of aromatic nitrogens is 2. The molecule has 6 nitrogen and oxygen atoms in total. The predicted octanol–water partition coefficient (Wildman–Crippen LogP) is 3.63. The Labute approximate surface area is 154 Å². The van der Waals surface area contributed by atoms with Crippen LogP contribution in [0.2, 0.25) is 0 Å². The van der Waals surface area contributed by atoms with Crippen molar-refractivity contribution in [1.29, 1.82) is 0 Å². The third kappa shape index (κ3) is 3.21. The second-order valence-electron chi connectivity index (χ2n) is 5.85. The molecule has 4 aromatic rings. The molecule has 3 N–H and O–H groups in total. The number of aromatic amines is 1. The molecule has 26 heavy (non-hydrogen) atoms. The maximum absolute atomic E-state index is 12.3. The summed E-state index contributed by atoms with van der Waals surface area (Å²) in [6, 6.07) is 15.6. The van der Waals surface area contributed by atoms with Crippen LogP contribution in [0.4, 0.5) is 5.82 Å². The van der Waals surface area contributed by atoms with Gasteiger partial charge in [-0.2, -0.15) is 4.37 Å². The molecule has 2 heterocycles. The number of amides is 1. The predicted molar refractivity (Wildman–Crippen MR) is 105 cm³/mol. The van der Waals surface area contributed by atoms with Crippen LogP contribution in [0, 0.1) is 0 Å². The van der Waals surface area contributed by atoms with Crippen LogP contribution in [-0.2, 0) is 0 Å². The van der Waals surface area contributed by atoms with Crippen LogP contribution in [0.25, 0.3) is 21.0 Å². The maximum Gasteiger partial charge on any atom is 0.267 e. The van der Waals surface area contributed by atoms with Crippen molar-refractivity contribution < 1.29 is 9.53 Å². The molecule has 0 aliphatic carbocycles. The van der Waals surface area contributed by atoms with E-state index < -0.39 is 0 Å². The van der Waals surface area contributed by atoms with Crippen molar-refractivity contribution in [3.63, 3.8) is 0 Å². The molecule has 0 aliphatic rings. The van der Waals surface area contributed by atoms with Crippen molar-refractivity contribution in [2.45, 2.75) is 0 Å². The summed E-state index contributed by atoms with van der Waals surface area (Å²) in [7, 11) is 1.62. The van der Waals surface area contributed by atoms with E-state index in [9.17, 15) is 4.79 Å². The highest BCUT2D eigenvalue weighted by Gasteiger charge is 2.10. The zero-order chi connectivity index (χ0) is 17.9. The standard InChI is InChI=1S/C19H18N4O2S/c1-25-13-6-7-15-12(10-13)11-16(22-15)19(24)21-9-8-20-18-14-4-2-3-5-17(14)26-23-18/h2-7,10-11,22H,8-9H2,1H3,(H,20,23)(H,21,24). The Bertz CT molecular complexity index is 1070. The molecule has 0 spiro atoms. The Kier molecular flexibility index (Phi) is 4.45. The molecule has 1 amide bonds. The minimum Gasteiger partial charge on any atom is -0.497 e. The van der Waals surface area contributed by atoms with Gasteiger partial charge in [0.05, 0.1) is 11.8 Å². The maximum atomic E-state index is 12.3. The summed E-state index contributed by atoms with van der Waals surface area (Å²) in [4.78, 5) is 15.5. The lowest BCUT2D eigenvalue weighted by Crippen LogP contribution is -2.29. The summed E-state index contributed by atoms with van der Waals surface area (Å²) in [5.74, 6) is 1.49. The number of nitrogens with one attached hydrogen (secondary N) is 3. The van der Waals surface area contributed by atoms with Gasteiger partial charge in [0.1, 0.15) is 17.3 Å². The molecule has 0 radical (unpaired) electrons. The summed E-state index contributed by atoms with van der Waals surface area (Å²) < 4.78 is 10.8. The molecular formula is C19H18N4O2S. The third-order valence-corrected chi connectivity index (χ3v) is 4.98. The third-order valence-electron chi connectivity index (χ3n) is 4.15. The lowest BCUT2D eigenvalue weighted by atomic mass is 10.2. The Hall–Kier alpha value is -3.06. The van der Waals surface area contributed by atoms with Gasteiger partial charge in [-0.05, 0) is 47.9 Å². The van der Waals surface area contributed by atoms with Crippen LogP contribution in [-0.4, -0.2) is 35.5 Å². The van der Waals surface area contributed by atoms with Gasteiger partial charge in [0.15, 0.2) is 0 Å². The fourth-order valence-corrected chi connectivity index (χ4v) is 3.58. The molecule has 0 aliphatic heterocycles. The number of hydrogen-bond donors (Lipinski definition) is 3. The number of H-pyrrole nitrogens is 1. The van der Waals surface area contributed by atoms with Gasteiger partial charge in [-0.1, -0.05) is 12.1 Å². The van der Waals surface area contributed by atoms with E-state index in [1.807, 2.05) is 48.5 Å². The number of rotatable bonds is 6. The second-order valence-corrected chi connectivity index (χ2v) is 6.65. The Morgan fingerprint density at radius 1 is 1.19 bits per heavy atom. The second kappa shape index (κ2) is 7.05. The van der Waals surface area contributed by atoms with E-state index in [0.717, 1.165) is 32.6 Å². The van der Waals surface area contributed by atoms with Crippen molar-refractivity contribution in [3.05, 3.63) is 54.2 Å². The van der Waals surface area contributed by atoms with Crippen molar-refractivity contribution in [2.24, 2.45) is 0 Å². The van der Waals surface area contributed by atoms with E-state index in [0.29, 0.717) is 18.8 Å². The van der Waals surface area contributed by atoms with Gasteiger partial charge in [0, 0.05) is 29.4 Å². The van der Waals surface area contributed by atoms with Crippen LogP contribution in [0.1, 0.15) is 10.5 Å². The molecule has 2 aromatic heterocycles. The van der Waals surface area contributed by atoms with Crippen molar-refractivity contribution in [3.8, 4) is 5.75 Å². The van der Waals surface area contributed by atoms with Gasteiger partial charge in [-0.3, -0.25) is 4.79 Å². The molecule has 0 bridgehead atoms. The first kappa shape index (κ1) is 16.4. The number of carbonyl (C=O) groups excluding carboxylic acids is 1. The number of anilines is 1. The molecule has 4 rings (SSSR count). The van der Waals surface area contributed by atoms with Crippen LogP contribution in [0.5, 0.6) is 5.75 Å². The number of benzene rings is 2. The largest absolute Gasteiger partial charge is 0.497 e. The first-order valence-corrected chi connectivity index (χ1v) is 9.05. The van der Waals surface area contributed by atoms with Crippen molar-refractivity contribution in [1.82, 2.24) is 14.7 Å². The number of methoxy groups -OCH3 is 1. The van der Waals surface area contributed by atoms with Crippen molar-refractivity contribution in [2.75, 3.05) is 25.5 Å². The molecule has 0 fully saturated rings. The Morgan fingerprint density at radius 3 is 2.96 bits per heavy atom. The van der Waals surface area contributed by atoms with E-state index in [2.05, 4.69) is 20.0 Å². The minimum atomic E-state index is -0.134. The summed E-state index contributed by atoms with van der Waals surface area (Å²) >= 11 is 1.47. The molecule has 0 atom stereocenters. The first-order valence-electron chi connectivity index (χ1n) is 8.28. The van der Waals surface area contributed by atoms with Gasteiger partial charge in [-0.15, -0.1) is 0 Å². The van der Waals surface area contributed by atoms with E-state index in [-0.39, 0.29) is 5.91 Å². The van der Waals surface area contributed by atoms with E-state index in [4.69, 9.17) is 4.74 Å². The highest BCUT2D eigenvalue weighted by atomic mass is 32.1. The zero-order valence-corrected chi connectivity index (χ0v) is 15.0. The highest BCUT2D eigenvalue weighted by molar-refractivity contribution is 7.13. The molecule has 0 saturated heterocycles. The quantitative estimate of drug-likeness (QED) is 0.455. The Morgan fingerprint density at radius 2 is 2.08 bits per heavy atom. The lowest BCUT2D eigenvalue weighted by Gasteiger charge is -2.05. The van der Waals surface area contributed by atoms with E-state index in [1.54, 1.807) is 7.11 Å². The SMILES string of the molecule is COc1ccc2[nH]c(C(=O)NCCNc3nsc4ccccc34)cc2c1. The molecule has 2 aromatic carbocycles. The topological polar surface area (TPSA) is 79.0 Å². The van der Waals surface area contributed by atoms with Crippen LogP contribution in [0.15, 0.2) is 48.5 Å². The van der Waals surface area contributed by atoms with Crippen LogP contribution < -0.4 is 15.4 Å². The number of fused-ring (bicyclic) bond motifs is 2. The zero-order valence-electron chi connectivity index (χ0n) is 14.2. The van der Waals surface area contributed by atoms with Crippen molar-refractivity contribution >= 4 is 44.2 Å². The smallest absolute Gasteiger partial charge is 0.267 e. The van der Waals surface area contributed by atoms with E-state index in [1.165, 1.54) is 11.5 Å². The number of nitrogens with zero attached hydrogens (tertiary/aromatic N) is 1. The fraction of sp³-hybridized carbons (Fsp3) is 0.158. The monoisotopic (exact) mass is 366 g/mol. The Balaban J connectivity index is 1.35. The van der Waals surface area contributed by atoms with Gasteiger partial charge in [0.25, 0.3) is 5.91 Å². The summed E-state index contributed by atoms with van der Waals surface area (Å²) in [6.07, 6.45) is 0. The number of hydrogen-bond acceptors (Lipinski definition) is 5. The van der Waals surface area contributed by atoms with Gasteiger partial charge >= 0.3 is 0 Å². The number of ether oxygens (including phenoxy) is 1. The van der Waals surface area contributed by atoms with Crippen LogP contribution >= 0.6 is 11.5 Å². The van der Waals surface area contributed by atoms with Gasteiger partial charge in [-0.25, -0.2) is 0 Å². The molecular weight excluding hydrogens is 348 g/mol. The molecule has 7 heteroatoms. The molecule has 132 valence electrons. The summed E-state index contributed by atoms with van der Waals surface area (Å²) in [5, 5.41) is 8.24. The minimum absolute atomic E-state index is 0.134. The highest BCUT2D eigenvalue weighted by Crippen LogP contribution is 2.25. The normalized spacial score (nSPS) is 11.0. The fourth-order valence-electron chi connectivity index (χ4n) is 2.83. The average Bonchev–Trinajstić information content (AvgIpc) is 3.28. The van der Waals surface area contributed by atoms with E-state index >= 15 is 0 Å². The molecule has 0 unspecified atom stereocenters. The van der Waals surface area contributed by atoms with Crippen LogP contribution in [0.3, 0.4) is 0 Å². The van der Waals surface area contributed by atoms with Gasteiger partial charge < -0.3 is 20.4 Å². The van der Waals surface area contributed by atoms with Gasteiger partial charge in [0.2, 0.25) is 0 Å². The molecule has 0 saturated carbocycles. The first-order chi connectivity index (χ1) is 12.7. The summed E-state index contributed by atoms with van der Waals surface area (Å²) in [6.45, 7) is 1.11. The number of carbonyl (C=O) groups is 1. The lowest BCUT2D eigenvalue weighted by molar-refractivity contribution is 0.0951. The summed E-state index contributed by atoms with van der Waals surface area (Å²) in [5.41, 5.74) is 1.44.